The molecule has 1 heterocycles. The topological polar surface area (TPSA) is 61.9 Å². The number of benzene rings is 3. The average Bonchev–Trinajstić information content (AvgIpc) is 2.83. The molecule has 0 aliphatic carbocycles. The van der Waals surface area contributed by atoms with Crippen LogP contribution in [0.15, 0.2) is 66.7 Å². The lowest BCUT2D eigenvalue weighted by Crippen LogP contribution is -2.49. The van der Waals surface area contributed by atoms with Crippen LogP contribution < -0.4 is 15.0 Å². The minimum absolute atomic E-state index is 0.155. The molecular weight excluding hydrogens is 428 g/mol. The number of carbonyl (C=O) groups is 2. The summed E-state index contributed by atoms with van der Waals surface area (Å²) in [5.41, 5.74) is 1.92. The number of carbonyl (C=O) groups excluding carboxylic acids is 2. The van der Waals surface area contributed by atoms with Gasteiger partial charge >= 0.3 is 6.03 Å². The number of rotatable bonds is 6. The Morgan fingerprint density at radius 3 is 2.55 bits per heavy atom. The maximum atomic E-state index is 13.6. The van der Waals surface area contributed by atoms with Crippen LogP contribution in [0.2, 0.25) is 0 Å². The molecule has 1 saturated heterocycles. The summed E-state index contributed by atoms with van der Waals surface area (Å²) in [6.45, 7) is 1.11. The number of nitrogens with one attached hydrogen (secondary N) is 1. The molecule has 4 rings (SSSR count). The fraction of sp³-hybridized carbons (Fsp3) is 0.200. The molecular formula is C25H23F2N3O3. The van der Waals surface area contributed by atoms with Crippen molar-refractivity contribution in [2.75, 3.05) is 30.4 Å². The van der Waals surface area contributed by atoms with Gasteiger partial charge < -0.3 is 15.0 Å². The van der Waals surface area contributed by atoms with Crippen LogP contribution in [-0.4, -0.2) is 37.0 Å². The first kappa shape index (κ1) is 22.3. The molecule has 1 fully saturated rings. The van der Waals surface area contributed by atoms with E-state index in [-0.39, 0.29) is 18.5 Å². The summed E-state index contributed by atoms with van der Waals surface area (Å²) in [6, 6.07) is 17.3. The highest BCUT2D eigenvalue weighted by molar-refractivity contribution is 6.09. The molecule has 1 aliphatic rings. The second-order valence-corrected chi connectivity index (χ2v) is 7.63. The van der Waals surface area contributed by atoms with E-state index in [0.717, 1.165) is 12.1 Å². The third-order valence-corrected chi connectivity index (χ3v) is 5.46. The van der Waals surface area contributed by atoms with Crippen LogP contribution in [-0.2, 0) is 6.54 Å². The van der Waals surface area contributed by atoms with E-state index in [2.05, 4.69) is 5.32 Å². The molecule has 0 unspecified atom stereocenters. The Bertz CT molecular complexity index is 1190. The number of anilines is 2. The third-order valence-electron chi connectivity index (χ3n) is 5.46. The van der Waals surface area contributed by atoms with Gasteiger partial charge in [0.15, 0.2) is 11.6 Å². The van der Waals surface area contributed by atoms with Gasteiger partial charge in [0.25, 0.3) is 5.91 Å². The fourth-order valence-corrected chi connectivity index (χ4v) is 3.85. The molecule has 0 radical (unpaired) electrons. The zero-order chi connectivity index (χ0) is 23.4. The molecule has 1 aliphatic heterocycles. The predicted molar refractivity (Wildman–Crippen MR) is 122 cm³/mol. The van der Waals surface area contributed by atoms with Crippen molar-refractivity contribution in [2.45, 2.75) is 13.0 Å². The molecule has 0 bridgehead atoms. The van der Waals surface area contributed by atoms with Gasteiger partial charge in [0.2, 0.25) is 0 Å². The second-order valence-electron chi connectivity index (χ2n) is 7.63. The molecule has 0 aromatic heterocycles. The molecule has 0 atom stereocenters. The number of urea groups is 1. The summed E-state index contributed by atoms with van der Waals surface area (Å²) >= 11 is 0. The molecule has 1 N–H and O–H groups in total. The first-order valence-corrected chi connectivity index (χ1v) is 10.5. The summed E-state index contributed by atoms with van der Waals surface area (Å²) in [5.74, 6) is -1.79. The number of hydrogen-bond donors (Lipinski definition) is 1. The number of nitrogens with zero attached hydrogens (tertiary/aromatic N) is 2. The van der Waals surface area contributed by atoms with E-state index in [0.29, 0.717) is 47.8 Å². The van der Waals surface area contributed by atoms with E-state index in [1.807, 2.05) is 0 Å². The van der Waals surface area contributed by atoms with Gasteiger partial charge in [-0.1, -0.05) is 30.3 Å². The van der Waals surface area contributed by atoms with E-state index < -0.39 is 11.6 Å². The second kappa shape index (κ2) is 9.68. The molecule has 8 heteroatoms. The van der Waals surface area contributed by atoms with Crippen LogP contribution in [0, 0.1) is 11.6 Å². The molecule has 6 nitrogen and oxygen atoms in total. The zero-order valence-electron chi connectivity index (χ0n) is 18.1. The van der Waals surface area contributed by atoms with E-state index >= 15 is 0 Å². The summed E-state index contributed by atoms with van der Waals surface area (Å²) in [5, 5.41) is 2.88. The van der Waals surface area contributed by atoms with Crippen molar-refractivity contribution < 1.29 is 23.1 Å². The summed E-state index contributed by atoms with van der Waals surface area (Å²) in [7, 11) is 1.49. The lowest BCUT2D eigenvalue weighted by Gasteiger charge is -2.36. The van der Waals surface area contributed by atoms with Gasteiger partial charge in [0.05, 0.1) is 24.0 Å². The SMILES string of the molecule is COc1ccccc1C(=O)Nc1ccccc1N1CCCN(Cc2ccc(F)c(F)c2)C1=O. The van der Waals surface area contributed by atoms with Crippen molar-refractivity contribution in [1.29, 1.82) is 0 Å². The van der Waals surface area contributed by atoms with Crippen LogP contribution in [0.1, 0.15) is 22.3 Å². The minimum atomic E-state index is -0.946. The zero-order valence-corrected chi connectivity index (χ0v) is 18.1. The highest BCUT2D eigenvalue weighted by Gasteiger charge is 2.29. The lowest BCUT2D eigenvalue weighted by molar-refractivity contribution is 0.102. The van der Waals surface area contributed by atoms with Crippen molar-refractivity contribution in [3.8, 4) is 5.75 Å². The number of hydrogen-bond acceptors (Lipinski definition) is 3. The predicted octanol–water partition coefficient (Wildman–Crippen LogP) is 5.06. The molecule has 170 valence electrons. The lowest BCUT2D eigenvalue weighted by atomic mass is 10.1. The molecule has 33 heavy (non-hydrogen) atoms. The number of halogens is 2. The van der Waals surface area contributed by atoms with E-state index in [4.69, 9.17) is 4.74 Å². The van der Waals surface area contributed by atoms with E-state index in [1.165, 1.54) is 13.2 Å². The van der Waals surface area contributed by atoms with Gasteiger partial charge in [-0.05, 0) is 48.4 Å². The Hall–Kier alpha value is -3.94. The maximum Gasteiger partial charge on any atom is 0.324 e. The fourth-order valence-electron chi connectivity index (χ4n) is 3.85. The Morgan fingerprint density at radius 2 is 1.76 bits per heavy atom. The van der Waals surface area contributed by atoms with Crippen molar-refractivity contribution in [3.05, 3.63) is 89.5 Å². The monoisotopic (exact) mass is 451 g/mol. The van der Waals surface area contributed by atoms with E-state index in [1.54, 1.807) is 58.3 Å². The minimum Gasteiger partial charge on any atom is -0.496 e. The van der Waals surface area contributed by atoms with Crippen molar-refractivity contribution >= 4 is 23.3 Å². The largest absolute Gasteiger partial charge is 0.496 e. The number of methoxy groups -OCH3 is 1. The standard InChI is InChI=1S/C25H23F2N3O3/c1-33-23-10-5-2-7-18(23)24(31)28-21-8-3-4-9-22(21)30-14-6-13-29(25(30)32)16-17-11-12-19(26)20(27)15-17/h2-5,7-12,15H,6,13-14,16H2,1H3,(H,28,31). The summed E-state index contributed by atoms with van der Waals surface area (Å²) in [4.78, 5) is 29.3. The van der Waals surface area contributed by atoms with E-state index in [9.17, 15) is 18.4 Å². The van der Waals surface area contributed by atoms with Crippen LogP contribution in [0.3, 0.4) is 0 Å². The molecule has 3 amide bonds. The van der Waals surface area contributed by atoms with Gasteiger partial charge in [-0.15, -0.1) is 0 Å². The summed E-state index contributed by atoms with van der Waals surface area (Å²) < 4.78 is 32.1. The average molecular weight is 451 g/mol. The van der Waals surface area contributed by atoms with Gasteiger partial charge in [-0.25, -0.2) is 13.6 Å². The first-order chi connectivity index (χ1) is 16.0. The Morgan fingerprint density at radius 1 is 1.00 bits per heavy atom. The molecule has 0 spiro atoms. The Kier molecular flexibility index (Phi) is 6.53. The first-order valence-electron chi connectivity index (χ1n) is 10.5. The highest BCUT2D eigenvalue weighted by atomic mass is 19.2. The van der Waals surface area contributed by atoms with Crippen molar-refractivity contribution in [1.82, 2.24) is 4.90 Å². The number of amides is 3. The van der Waals surface area contributed by atoms with Gasteiger partial charge in [-0.2, -0.15) is 0 Å². The number of ether oxygens (including phenoxy) is 1. The maximum absolute atomic E-state index is 13.6. The molecule has 3 aromatic carbocycles. The number of para-hydroxylation sites is 3. The van der Waals surface area contributed by atoms with Gasteiger partial charge in [-0.3, -0.25) is 9.69 Å². The molecule has 0 saturated carbocycles. The molecule has 3 aromatic rings. The Labute approximate surface area is 190 Å². The van der Waals surface area contributed by atoms with Crippen LogP contribution in [0.4, 0.5) is 25.0 Å². The van der Waals surface area contributed by atoms with Crippen LogP contribution >= 0.6 is 0 Å². The quantitative estimate of drug-likeness (QED) is 0.570. The summed E-state index contributed by atoms with van der Waals surface area (Å²) in [6.07, 6.45) is 0.685. The Balaban J connectivity index is 1.55. The highest BCUT2D eigenvalue weighted by Crippen LogP contribution is 2.30. The smallest absolute Gasteiger partial charge is 0.324 e. The van der Waals surface area contributed by atoms with Crippen molar-refractivity contribution in [3.63, 3.8) is 0 Å². The normalized spacial score (nSPS) is 13.7. The van der Waals surface area contributed by atoms with Crippen LogP contribution in [0.5, 0.6) is 5.75 Å². The third kappa shape index (κ3) is 4.79. The van der Waals surface area contributed by atoms with Gasteiger partial charge in [0.1, 0.15) is 5.75 Å². The van der Waals surface area contributed by atoms with Crippen molar-refractivity contribution in [2.24, 2.45) is 0 Å². The van der Waals surface area contributed by atoms with Gasteiger partial charge in [0, 0.05) is 19.6 Å². The van der Waals surface area contributed by atoms with Crippen LogP contribution in [0.25, 0.3) is 0 Å².